The number of fused-ring (bicyclic) bond motifs is 2. The van der Waals surface area contributed by atoms with Gasteiger partial charge < -0.3 is 10.2 Å². The van der Waals surface area contributed by atoms with Crippen molar-refractivity contribution in [2.75, 3.05) is 0 Å². The van der Waals surface area contributed by atoms with Crippen LogP contribution in [0.2, 0.25) is 0 Å². The first-order valence-electron chi connectivity index (χ1n) is 7.36. The van der Waals surface area contributed by atoms with Gasteiger partial charge in [0.15, 0.2) is 5.43 Å². The molecule has 112 valence electrons. The summed E-state index contributed by atoms with van der Waals surface area (Å²) in [6, 6.07) is 17.0. The smallest absolute Gasteiger partial charge is 0.193 e. The van der Waals surface area contributed by atoms with Crippen LogP contribution in [0.4, 0.5) is 0 Å². The Balaban J connectivity index is 1.90. The van der Waals surface area contributed by atoms with E-state index in [2.05, 4.69) is 11.1 Å². The van der Waals surface area contributed by atoms with Crippen LogP contribution in [-0.2, 0) is 6.54 Å². The molecule has 2 aromatic carbocycles. The van der Waals surface area contributed by atoms with Gasteiger partial charge >= 0.3 is 0 Å². The van der Waals surface area contributed by atoms with E-state index in [0.29, 0.717) is 16.7 Å². The van der Waals surface area contributed by atoms with E-state index < -0.39 is 0 Å². The Morgan fingerprint density at radius 1 is 1.00 bits per heavy atom. The number of hydrogen-bond acceptors (Lipinski definition) is 4. The van der Waals surface area contributed by atoms with E-state index in [4.69, 9.17) is 10.2 Å². The molecule has 0 spiro atoms. The van der Waals surface area contributed by atoms with Gasteiger partial charge in [-0.05, 0) is 29.8 Å². The number of benzene rings is 2. The van der Waals surface area contributed by atoms with Crippen molar-refractivity contribution >= 4 is 21.9 Å². The zero-order valence-electron chi connectivity index (χ0n) is 12.3. The van der Waals surface area contributed by atoms with Gasteiger partial charge in [0.05, 0.1) is 17.4 Å². The minimum absolute atomic E-state index is 0.0812. The molecule has 0 saturated carbocycles. The maximum atomic E-state index is 12.2. The lowest BCUT2D eigenvalue weighted by Gasteiger charge is -2.06. The highest BCUT2D eigenvalue weighted by Crippen LogP contribution is 2.25. The first-order valence-corrected chi connectivity index (χ1v) is 7.36. The molecule has 0 unspecified atom stereocenters. The van der Waals surface area contributed by atoms with E-state index in [1.807, 2.05) is 42.6 Å². The molecular formula is C19H14N2O2. The summed E-state index contributed by atoms with van der Waals surface area (Å²) in [5.41, 5.74) is 8.86. The van der Waals surface area contributed by atoms with Crippen molar-refractivity contribution < 1.29 is 4.42 Å². The highest BCUT2D eigenvalue weighted by Gasteiger charge is 2.07. The Labute approximate surface area is 132 Å². The van der Waals surface area contributed by atoms with Crippen LogP contribution in [0.5, 0.6) is 0 Å². The molecule has 2 N–H and O–H groups in total. The molecule has 0 aliphatic heterocycles. The zero-order chi connectivity index (χ0) is 15.8. The number of nitrogens with two attached hydrogens (primary N) is 1. The van der Waals surface area contributed by atoms with Crippen molar-refractivity contribution in [1.82, 2.24) is 4.98 Å². The Bertz CT molecular complexity index is 1080. The highest BCUT2D eigenvalue weighted by atomic mass is 16.3. The summed E-state index contributed by atoms with van der Waals surface area (Å²) in [6.07, 6.45) is 1.82. The summed E-state index contributed by atoms with van der Waals surface area (Å²) >= 11 is 0. The minimum Gasteiger partial charge on any atom is -0.459 e. The van der Waals surface area contributed by atoms with Crippen LogP contribution in [-0.4, -0.2) is 4.98 Å². The Kier molecular flexibility index (Phi) is 3.17. The number of aromatic nitrogens is 1. The lowest BCUT2D eigenvalue weighted by atomic mass is 10.0. The van der Waals surface area contributed by atoms with Crippen LogP contribution in [0.25, 0.3) is 33.0 Å². The average molecular weight is 302 g/mol. The van der Waals surface area contributed by atoms with Crippen molar-refractivity contribution in [3.05, 3.63) is 76.8 Å². The van der Waals surface area contributed by atoms with Gasteiger partial charge in [0.1, 0.15) is 11.3 Å². The molecule has 0 amide bonds. The minimum atomic E-state index is -0.0812. The molecule has 0 radical (unpaired) electrons. The second-order valence-electron chi connectivity index (χ2n) is 5.41. The van der Waals surface area contributed by atoms with Gasteiger partial charge in [-0.3, -0.25) is 9.78 Å². The molecule has 4 rings (SSSR count). The summed E-state index contributed by atoms with van der Waals surface area (Å²) in [5, 5.41) is 1.61. The van der Waals surface area contributed by atoms with Crippen molar-refractivity contribution in [3.63, 3.8) is 0 Å². The molecule has 4 heteroatoms. The monoisotopic (exact) mass is 302 g/mol. The first-order chi connectivity index (χ1) is 11.2. The van der Waals surface area contributed by atoms with E-state index in [9.17, 15) is 4.79 Å². The van der Waals surface area contributed by atoms with E-state index in [1.54, 1.807) is 6.07 Å². The number of rotatable bonds is 2. The maximum Gasteiger partial charge on any atom is 0.193 e. The number of para-hydroxylation sites is 1. The maximum absolute atomic E-state index is 12.2. The van der Waals surface area contributed by atoms with Crippen molar-refractivity contribution in [3.8, 4) is 11.1 Å². The molecule has 2 aromatic heterocycles. The van der Waals surface area contributed by atoms with Gasteiger partial charge in [-0.2, -0.15) is 0 Å². The molecule has 23 heavy (non-hydrogen) atoms. The van der Waals surface area contributed by atoms with E-state index in [-0.39, 0.29) is 12.0 Å². The third-order valence-corrected chi connectivity index (χ3v) is 3.90. The highest BCUT2D eigenvalue weighted by molar-refractivity contribution is 5.87. The van der Waals surface area contributed by atoms with E-state index in [0.717, 1.165) is 22.0 Å². The summed E-state index contributed by atoms with van der Waals surface area (Å²) in [7, 11) is 0. The first kappa shape index (κ1) is 13.7. The third-order valence-electron chi connectivity index (χ3n) is 3.90. The Hall–Kier alpha value is -2.98. The van der Waals surface area contributed by atoms with Gasteiger partial charge in [0.25, 0.3) is 0 Å². The van der Waals surface area contributed by atoms with Crippen molar-refractivity contribution in [2.24, 2.45) is 5.73 Å². The summed E-state index contributed by atoms with van der Waals surface area (Å²) < 4.78 is 5.61. The molecule has 4 aromatic rings. The number of nitrogens with zero attached hydrogens (tertiary/aromatic N) is 1. The second kappa shape index (κ2) is 5.34. The van der Waals surface area contributed by atoms with Crippen LogP contribution in [0.15, 0.2) is 70.0 Å². The molecule has 0 aliphatic carbocycles. The molecular weight excluding hydrogens is 288 g/mol. The van der Waals surface area contributed by atoms with Crippen LogP contribution >= 0.6 is 0 Å². The number of hydrogen-bond donors (Lipinski definition) is 1. The van der Waals surface area contributed by atoms with Crippen LogP contribution < -0.4 is 11.2 Å². The van der Waals surface area contributed by atoms with Gasteiger partial charge in [0.2, 0.25) is 0 Å². The molecule has 0 fully saturated rings. The zero-order valence-corrected chi connectivity index (χ0v) is 12.3. The van der Waals surface area contributed by atoms with Crippen LogP contribution in [0.1, 0.15) is 5.76 Å². The fraction of sp³-hybridized carbons (Fsp3) is 0.0526. The normalized spacial score (nSPS) is 11.2. The molecule has 0 bridgehead atoms. The SMILES string of the molecule is NCc1cc(=O)c2cc(-c3cnc4ccccc4c3)ccc2o1. The van der Waals surface area contributed by atoms with Gasteiger partial charge in [-0.25, -0.2) is 0 Å². The summed E-state index contributed by atoms with van der Waals surface area (Å²) in [5.74, 6) is 0.489. The third kappa shape index (κ3) is 2.39. The summed E-state index contributed by atoms with van der Waals surface area (Å²) in [6.45, 7) is 0.210. The molecule has 0 saturated heterocycles. The fourth-order valence-corrected chi connectivity index (χ4v) is 2.72. The van der Waals surface area contributed by atoms with Gasteiger partial charge in [-0.1, -0.05) is 24.3 Å². The topological polar surface area (TPSA) is 69.1 Å². The predicted molar refractivity (Wildman–Crippen MR) is 91.1 cm³/mol. The lowest BCUT2D eigenvalue weighted by molar-refractivity contribution is 0.539. The summed E-state index contributed by atoms with van der Waals surface area (Å²) in [4.78, 5) is 16.7. The van der Waals surface area contributed by atoms with Crippen LogP contribution in [0.3, 0.4) is 0 Å². The van der Waals surface area contributed by atoms with E-state index in [1.165, 1.54) is 6.07 Å². The second-order valence-corrected chi connectivity index (χ2v) is 5.41. The fourth-order valence-electron chi connectivity index (χ4n) is 2.72. The lowest BCUT2D eigenvalue weighted by Crippen LogP contribution is -2.05. The van der Waals surface area contributed by atoms with E-state index >= 15 is 0 Å². The van der Waals surface area contributed by atoms with Crippen LogP contribution in [0, 0.1) is 0 Å². The molecule has 2 heterocycles. The molecule has 0 atom stereocenters. The van der Waals surface area contributed by atoms with Crippen molar-refractivity contribution in [1.29, 1.82) is 0 Å². The number of pyridine rings is 1. The quantitative estimate of drug-likeness (QED) is 0.615. The van der Waals surface area contributed by atoms with Gasteiger partial charge in [-0.15, -0.1) is 0 Å². The van der Waals surface area contributed by atoms with Gasteiger partial charge in [0, 0.05) is 23.2 Å². The Morgan fingerprint density at radius 2 is 1.87 bits per heavy atom. The standard InChI is InChI=1S/C19H14N2O2/c20-10-15-9-18(22)16-8-12(5-6-19(16)23-15)14-7-13-3-1-2-4-17(13)21-11-14/h1-9,11H,10,20H2. The molecule has 0 aliphatic rings. The van der Waals surface area contributed by atoms with Crippen molar-refractivity contribution in [2.45, 2.75) is 6.54 Å². The largest absolute Gasteiger partial charge is 0.459 e. The predicted octanol–water partition coefficient (Wildman–Crippen LogP) is 3.47. The average Bonchev–Trinajstić information content (AvgIpc) is 2.61. The Morgan fingerprint density at radius 3 is 2.74 bits per heavy atom. The molecule has 4 nitrogen and oxygen atoms in total.